The van der Waals surface area contributed by atoms with E-state index in [1.165, 1.54) is 89.9 Å². The van der Waals surface area contributed by atoms with Gasteiger partial charge >= 0.3 is 6.09 Å². The lowest BCUT2D eigenvalue weighted by Gasteiger charge is -2.26. The molecule has 1 aromatic rings. The number of carbonyl (C=O) groups excluding carboxylic acids is 3. The normalized spacial score (nSPS) is 12.6. The Morgan fingerprint density at radius 1 is 0.605 bits per heavy atom. The van der Waals surface area contributed by atoms with Crippen molar-refractivity contribution in [3.63, 3.8) is 0 Å². The lowest BCUT2D eigenvalue weighted by molar-refractivity contribution is -0.131. The number of hydrogen-bond donors (Lipinski definition) is 3. The first-order valence-electron chi connectivity index (χ1n) is 17.3. The Labute approximate surface area is 263 Å². The minimum atomic E-state index is -0.808. The Bertz CT molecular complexity index is 859. The van der Waals surface area contributed by atoms with Gasteiger partial charge in [0.05, 0.1) is 0 Å². The predicted molar refractivity (Wildman–Crippen MR) is 178 cm³/mol. The fraction of sp³-hybridized carbons (Fsp3) is 0.750. The van der Waals surface area contributed by atoms with Crippen LogP contribution in [0.4, 0.5) is 4.79 Å². The molecule has 0 aliphatic heterocycles. The number of nitrogens with one attached hydrogen (secondary N) is 3. The maximum absolute atomic E-state index is 13.1. The highest BCUT2D eigenvalue weighted by Gasteiger charge is 2.30. The zero-order chi connectivity index (χ0) is 31.7. The molecule has 7 nitrogen and oxygen atoms in total. The molecule has 3 N–H and O–H groups in total. The summed E-state index contributed by atoms with van der Waals surface area (Å²) in [5.41, 5.74) is 0.865. The highest BCUT2D eigenvalue weighted by Crippen LogP contribution is 2.14. The number of ether oxygens (including phenoxy) is 1. The summed E-state index contributed by atoms with van der Waals surface area (Å²) in [7, 11) is 0. The highest BCUT2D eigenvalue weighted by molar-refractivity contribution is 5.91. The van der Waals surface area contributed by atoms with Gasteiger partial charge in [0.2, 0.25) is 11.8 Å². The average molecular weight is 602 g/mol. The van der Waals surface area contributed by atoms with Crippen molar-refractivity contribution in [1.29, 1.82) is 0 Å². The molecule has 3 amide bonds. The summed E-state index contributed by atoms with van der Waals surface area (Å²) in [6, 6.07) is 7.90. The molecule has 0 unspecified atom stereocenters. The lowest BCUT2D eigenvalue weighted by atomic mass is 9.99. The number of carbonyl (C=O) groups is 3. The molecule has 1 aromatic carbocycles. The third-order valence-corrected chi connectivity index (χ3v) is 8.01. The van der Waals surface area contributed by atoms with Crippen LogP contribution < -0.4 is 16.0 Å². The first-order chi connectivity index (χ1) is 20.8. The Kier molecular flexibility index (Phi) is 22.2. The van der Waals surface area contributed by atoms with Crippen molar-refractivity contribution in [1.82, 2.24) is 16.0 Å². The van der Waals surface area contributed by atoms with Crippen molar-refractivity contribution in [2.24, 2.45) is 11.8 Å². The minimum absolute atomic E-state index is 0.0902. The van der Waals surface area contributed by atoms with Crippen LogP contribution in [0.1, 0.15) is 143 Å². The number of hydrogen-bond acceptors (Lipinski definition) is 4. The Morgan fingerprint density at radius 3 is 1.51 bits per heavy atom. The van der Waals surface area contributed by atoms with E-state index in [9.17, 15) is 14.4 Å². The largest absolute Gasteiger partial charge is 0.445 e. The number of benzene rings is 1. The van der Waals surface area contributed by atoms with Crippen LogP contribution >= 0.6 is 0 Å². The van der Waals surface area contributed by atoms with Crippen LogP contribution in [0.3, 0.4) is 0 Å². The fourth-order valence-electron chi connectivity index (χ4n) is 5.20. The van der Waals surface area contributed by atoms with E-state index < -0.39 is 18.2 Å². The molecule has 0 aliphatic rings. The smallest absolute Gasteiger partial charge is 0.408 e. The topological polar surface area (TPSA) is 96.5 Å². The second-order valence-corrected chi connectivity index (χ2v) is 12.8. The molecule has 1 rings (SSSR count). The molecule has 0 saturated carbocycles. The third-order valence-electron chi connectivity index (χ3n) is 8.01. The van der Waals surface area contributed by atoms with Crippen LogP contribution in [0.5, 0.6) is 0 Å². The molecule has 0 heterocycles. The van der Waals surface area contributed by atoms with E-state index in [1.54, 1.807) is 0 Å². The average Bonchev–Trinajstić information content (AvgIpc) is 2.99. The molecule has 0 spiro atoms. The van der Waals surface area contributed by atoms with Gasteiger partial charge in [0.1, 0.15) is 18.7 Å². The summed E-state index contributed by atoms with van der Waals surface area (Å²) < 4.78 is 5.29. The summed E-state index contributed by atoms with van der Waals surface area (Å²) in [6.07, 6.45) is 20.4. The van der Waals surface area contributed by atoms with E-state index in [4.69, 9.17) is 4.74 Å². The van der Waals surface area contributed by atoms with Gasteiger partial charge in [0.25, 0.3) is 0 Å². The standard InChI is InChI=1S/C36H63N3O4/c1-6-7-8-9-10-11-12-13-14-15-16-17-18-19-20-24-27-37-34(40)32(29(2)3)38-35(41)33(30(4)5)39-36(42)43-28-31-25-22-21-23-26-31/h21-23,25-26,29-30,32-33H,6-20,24,27-28H2,1-5H3,(H,37,40)(H,38,41)(H,39,42)/t32-,33-/m0/s1. The second-order valence-electron chi connectivity index (χ2n) is 12.8. The van der Waals surface area contributed by atoms with Crippen molar-refractivity contribution in [2.45, 2.75) is 156 Å². The van der Waals surface area contributed by atoms with Gasteiger partial charge < -0.3 is 20.7 Å². The van der Waals surface area contributed by atoms with Crippen LogP contribution in [0.15, 0.2) is 30.3 Å². The molecule has 0 aromatic heterocycles. The fourth-order valence-corrected chi connectivity index (χ4v) is 5.20. The number of rotatable bonds is 25. The summed E-state index contributed by atoms with van der Waals surface area (Å²) in [5.74, 6) is -0.834. The van der Waals surface area contributed by atoms with Crippen LogP contribution in [-0.2, 0) is 20.9 Å². The van der Waals surface area contributed by atoms with E-state index in [2.05, 4.69) is 22.9 Å². The van der Waals surface area contributed by atoms with Gasteiger partial charge in [-0.1, -0.05) is 161 Å². The number of unbranched alkanes of at least 4 members (excludes halogenated alkanes) is 15. The predicted octanol–water partition coefficient (Wildman–Crippen LogP) is 8.46. The number of amides is 3. The molecule has 0 saturated heterocycles. The molecule has 0 radical (unpaired) electrons. The molecular weight excluding hydrogens is 538 g/mol. The lowest BCUT2D eigenvalue weighted by Crippen LogP contribution is -2.57. The second kappa shape index (κ2) is 24.8. The third kappa shape index (κ3) is 19.4. The zero-order valence-corrected chi connectivity index (χ0v) is 28.1. The number of alkyl carbamates (subject to hydrolysis) is 1. The van der Waals surface area contributed by atoms with Gasteiger partial charge in [0, 0.05) is 6.54 Å². The SMILES string of the molecule is CCCCCCCCCCCCCCCCCCNC(=O)[C@@H](NC(=O)[C@@H](NC(=O)OCc1ccccc1)C(C)C)C(C)C. The van der Waals surface area contributed by atoms with Gasteiger partial charge in [-0.3, -0.25) is 9.59 Å². The van der Waals surface area contributed by atoms with Crippen LogP contribution in [-0.4, -0.2) is 36.5 Å². The van der Waals surface area contributed by atoms with E-state index in [0.29, 0.717) is 6.54 Å². The Hall–Kier alpha value is -2.57. The van der Waals surface area contributed by atoms with Crippen molar-refractivity contribution < 1.29 is 19.1 Å². The summed E-state index contributed by atoms with van der Waals surface area (Å²) >= 11 is 0. The highest BCUT2D eigenvalue weighted by atomic mass is 16.5. The van der Waals surface area contributed by atoms with Gasteiger partial charge in [-0.25, -0.2) is 4.79 Å². The first-order valence-corrected chi connectivity index (χ1v) is 17.3. The molecule has 0 bridgehead atoms. The quantitative estimate of drug-likeness (QED) is 0.0980. The molecular formula is C36H63N3O4. The van der Waals surface area contributed by atoms with Crippen molar-refractivity contribution in [3.8, 4) is 0 Å². The van der Waals surface area contributed by atoms with Gasteiger partial charge in [0.15, 0.2) is 0 Å². The summed E-state index contributed by atoms with van der Waals surface area (Å²) in [4.78, 5) is 38.4. The van der Waals surface area contributed by atoms with E-state index in [0.717, 1.165) is 18.4 Å². The van der Waals surface area contributed by atoms with Gasteiger partial charge in [-0.2, -0.15) is 0 Å². The summed E-state index contributed by atoms with van der Waals surface area (Å²) in [6.45, 7) is 10.5. The van der Waals surface area contributed by atoms with Crippen LogP contribution in [0, 0.1) is 11.8 Å². The molecule has 7 heteroatoms. The van der Waals surface area contributed by atoms with E-state index in [1.807, 2.05) is 58.0 Å². The molecule has 43 heavy (non-hydrogen) atoms. The van der Waals surface area contributed by atoms with Gasteiger partial charge in [-0.05, 0) is 23.8 Å². The molecule has 246 valence electrons. The minimum Gasteiger partial charge on any atom is -0.445 e. The molecule has 0 fully saturated rings. The van der Waals surface area contributed by atoms with Crippen LogP contribution in [0.2, 0.25) is 0 Å². The Morgan fingerprint density at radius 2 is 1.05 bits per heavy atom. The monoisotopic (exact) mass is 601 g/mol. The van der Waals surface area contributed by atoms with E-state index in [-0.39, 0.29) is 30.3 Å². The molecule has 0 aliphatic carbocycles. The van der Waals surface area contributed by atoms with Gasteiger partial charge in [-0.15, -0.1) is 0 Å². The van der Waals surface area contributed by atoms with Crippen molar-refractivity contribution in [3.05, 3.63) is 35.9 Å². The van der Waals surface area contributed by atoms with Crippen LogP contribution in [0.25, 0.3) is 0 Å². The molecule has 2 atom stereocenters. The van der Waals surface area contributed by atoms with E-state index >= 15 is 0 Å². The van der Waals surface area contributed by atoms with Crippen molar-refractivity contribution in [2.75, 3.05) is 6.54 Å². The first kappa shape index (κ1) is 38.5. The summed E-state index contributed by atoms with van der Waals surface area (Å²) in [5, 5.41) is 8.53. The maximum Gasteiger partial charge on any atom is 0.408 e. The van der Waals surface area contributed by atoms with Crippen molar-refractivity contribution >= 4 is 17.9 Å². The maximum atomic E-state index is 13.1. The Balaban J connectivity index is 2.21. The zero-order valence-electron chi connectivity index (χ0n) is 28.1.